The number of oxime groups is 1. The summed E-state index contributed by atoms with van der Waals surface area (Å²) in [6.07, 6.45) is 7.55. The standard InChI is InChI=1S/C50H56N4O12/c1-4-24-64-50-46(53(29-33-14-20-44-45(25-33)63-31-62-44)49(57)65-37-17-15-36(16-18-37)54(58)59)28-42(52-60-3)40-26-34(11-5-7-22-55)39(13-6-8-23-56)47(48(40)50)41-27-38(19-21-43(41)66-50)61-30-35-12-9-10-32(2)51-35/h4,9-10,12,14-21,25-27,34,39,46-48,55-56H,1,5-8,11,13,22-24,28-31H2,2-3H3/t34-,39+,46-,47+,48+,50+/m0/s1. The highest BCUT2D eigenvalue weighted by molar-refractivity contribution is 6.03. The van der Waals surface area contributed by atoms with Gasteiger partial charge < -0.3 is 43.5 Å². The summed E-state index contributed by atoms with van der Waals surface area (Å²) in [4.78, 5) is 37.8. The molecule has 1 saturated carbocycles. The number of hydrogen-bond acceptors (Lipinski definition) is 14. The van der Waals surface area contributed by atoms with Crippen molar-refractivity contribution in [2.45, 2.75) is 82.8 Å². The van der Waals surface area contributed by atoms with E-state index in [1.165, 1.54) is 31.4 Å². The lowest BCUT2D eigenvalue weighted by Gasteiger charge is -2.59. The summed E-state index contributed by atoms with van der Waals surface area (Å²) in [7, 11) is 1.49. The van der Waals surface area contributed by atoms with Gasteiger partial charge in [-0.1, -0.05) is 42.3 Å². The van der Waals surface area contributed by atoms with Crippen LogP contribution in [0.25, 0.3) is 0 Å². The number of fused-ring (bicyclic) bond motifs is 3. The van der Waals surface area contributed by atoms with E-state index in [0.717, 1.165) is 48.2 Å². The maximum atomic E-state index is 15.0. The number of pyridine rings is 1. The van der Waals surface area contributed by atoms with Gasteiger partial charge in [0.2, 0.25) is 12.6 Å². The third-order valence-corrected chi connectivity index (χ3v) is 12.8. The van der Waals surface area contributed by atoms with E-state index in [2.05, 4.69) is 22.8 Å². The Kier molecular flexibility index (Phi) is 14.5. The number of nitro groups is 1. The average Bonchev–Trinajstić information content (AvgIpc) is 3.79. The van der Waals surface area contributed by atoms with Crippen LogP contribution in [0.1, 0.15) is 73.4 Å². The van der Waals surface area contributed by atoms with E-state index in [4.69, 9.17) is 33.3 Å². The lowest BCUT2D eigenvalue weighted by atomic mass is 9.55. The van der Waals surface area contributed by atoms with Gasteiger partial charge in [-0.25, -0.2) is 4.79 Å². The number of non-ortho nitro benzene ring substituents is 1. The number of amides is 1. The highest BCUT2D eigenvalue weighted by Crippen LogP contribution is 2.62. The number of aryl methyl sites for hydroxylation is 1. The first-order chi connectivity index (χ1) is 32.2. The summed E-state index contributed by atoms with van der Waals surface area (Å²) in [5.74, 6) is -0.131. The van der Waals surface area contributed by atoms with Gasteiger partial charge >= 0.3 is 6.09 Å². The van der Waals surface area contributed by atoms with E-state index in [-0.39, 0.29) is 75.4 Å². The van der Waals surface area contributed by atoms with Gasteiger partial charge in [-0.3, -0.25) is 20.0 Å². The van der Waals surface area contributed by atoms with Crippen LogP contribution in [0.3, 0.4) is 0 Å². The minimum Gasteiger partial charge on any atom is -0.487 e. The molecule has 0 radical (unpaired) electrons. The predicted octanol–water partition coefficient (Wildman–Crippen LogP) is 8.57. The van der Waals surface area contributed by atoms with Crippen LogP contribution in [0, 0.1) is 34.8 Å². The first kappa shape index (κ1) is 46.1. The molecule has 3 aromatic carbocycles. The van der Waals surface area contributed by atoms with Gasteiger partial charge in [0.05, 0.1) is 28.9 Å². The number of aliphatic hydroxyl groups is 2. The van der Waals surface area contributed by atoms with Crippen molar-refractivity contribution in [3.8, 4) is 28.7 Å². The second-order valence-electron chi connectivity index (χ2n) is 16.9. The van der Waals surface area contributed by atoms with Gasteiger partial charge in [-0.05, 0) is 110 Å². The first-order valence-corrected chi connectivity index (χ1v) is 22.4. The van der Waals surface area contributed by atoms with E-state index >= 15 is 4.79 Å². The molecular weight excluding hydrogens is 849 g/mol. The predicted molar refractivity (Wildman–Crippen MR) is 243 cm³/mol. The molecule has 1 aromatic heterocycles. The largest absolute Gasteiger partial charge is 0.487 e. The molecule has 6 atom stereocenters. The number of aliphatic hydroxyl groups excluding tert-OH is 2. The topological polar surface area (TPSA) is 194 Å². The Bertz CT molecular complexity index is 2440. The summed E-state index contributed by atoms with van der Waals surface area (Å²) in [5.41, 5.74) is 4.56. The molecule has 4 aliphatic rings. The molecule has 4 aromatic rings. The number of rotatable bonds is 20. The summed E-state index contributed by atoms with van der Waals surface area (Å²) in [6.45, 7) is 6.42. The number of unbranched alkanes of at least 4 members (excludes halogenated alkanes) is 2. The maximum absolute atomic E-state index is 15.0. The molecule has 0 unspecified atom stereocenters. The zero-order valence-corrected chi connectivity index (χ0v) is 37.2. The molecule has 0 bridgehead atoms. The van der Waals surface area contributed by atoms with Crippen molar-refractivity contribution >= 4 is 17.5 Å². The van der Waals surface area contributed by atoms with Gasteiger partial charge in [0, 0.05) is 55.5 Å². The molecular formula is C50H56N4O12. The van der Waals surface area contributed by atoms with Crippen molar-refractivity contribution < 1.29 is 53.2 Å². The molecule has 8 rings (SSSR count). The van der Waals surface area contributed by atoms with Crippen molar-refractivity contribution in [2.75, 3.05) is 33.7 Å². The number of nitro benzene ring substituents is 1. The van der Waals surface area contributed by atoms with Gasteiger partial charge in [0.1, 0.15) is 37.0 Å². The molecule has 0 spiro atoms. The average molecular weight is 905 g/mol. The summed E-state index contributed by atoms with van der Waals surface area (Å²) in [6, 6.07) is 21.4. The quantitative estimate of drug-likeness (QED) is 0.0371. The van der Waals surface area contributed by atoms with Crippen molar-refractivity contribution in [2.24, 2.45) is 22.9 Å². The lowest BCUT2D eigenvalue weighted by molar-refractivity contribution is -0.384. The van der Waals surface area contributed by atoms with Crippen molar-refractivity contribution in [3.05, 3.63) is 136 Å². The minimum atomic E-state index is -1.59. The third-order valence-electron chi connectivity index (χ3n) is 12.8. The normalized spacial score (nSPS) is 22.9. The Morgan fingerprint density at radius 2 is 1.74 bits per heavy atom. The fraction of sp³-hybridized carbons (Fsp3) is 0.420. The first-order valence-electron chi connectivity index (χ1n) is 22.4. The van der Waals surface area contributed by atoms with E-state index in [1.54, 1.807) is 17.0 Å². The SMILES string of the molecule is C=CCO[C@@]12Oc3ccc(OCc4cccc(C)n4)cc3[C@H]3[C@H](CCCCO)[C@@H](CCCCO)C=C(C(=NOC)C[C@@H]1N(Cc1ccc4c(c1)OCO4)C(=O)Oc1ccc([N+](=O)[O-])cc1)[C@H]32. The van der Waals surface area contributed by atoms with Gasteiger partial charge in [0.15, 0.2) is 11.5 Å². The molecule has 2 aliphatic carbocycles. The molecule has 2 N–H and O–H groups in total. The zero-order chi connectivity index (χ0) is 46.2. The van der Waals surface area contributed by atoms with Crippen LogP contribution >= 0.6 is 0 Å². The van der Waals surface area contributed by atoms with E-state index in [1.807, 2.05) is 55.5 Å². The molecule has 0 saturated heterocycles. The molecule has 348 valence electrons. The molecule has 3 heterocycles. The summed E-state index contributed by atoms with van der Waals surface area (Å²) < 4.78 is 38.3. The minimum absolute atomic E-state index is 0.0112. The Balaban J connectivity index is 1.30. The van der Waals surface area contributed by atoms with Crippen LogP contribution in [-0.4, -0.2) is 82.4 Å². The van der Waals surface area contributed by atoms with E-state index in [0.29, 0.717) is 47.1 Å². The molecule has 1 amide bonds. The van der Waals surface area contributed by atoms with Crippen LogP contribution in [0.5, 0.6) is 28.7 Å². The smallest absolute Gasteiger partial charge is 0.416 e. The second kappa shape index (κ2) is 20.8. The summed E-state index contributed by atoms with van der Waals surface area (Å²) >= 11 is 0. The number of benzene rings is 3. The number of nitrogens with zero attached hydrogens (tertiary/aromatic N) is 4. The molecule has 16 heteroatoms. The zero-order valence-electron chi connectivity index (χ0n) is 37.2. The lowest BCUT2D eigenvalue weighted by Crippen LogP contribution is -2.70. The van der Waals surface area contributed by atoms with Crippen molar-refractivity contribution in [3.63, 3.8) is 0 Å². The van der Waals surface area contributed by atoms with Crippen LogP contribution < -0.4 is 23.7 Å². The Morgan fingerprint density at radius 1 is 0.985 bits per heavy atom. The van der Waals surface area contributed by atoms with Crippen LogP contribution in [0.2, 0.25) is 0 Å². The van der Waals surface area contributed by atoms with Gasteiger partial charge in [0.25, 0.3) is 5.69 Å². The number of carbonyl (C=O) groups is 1. The van der Waals surface area contributed by atoms with Crippen molar-refractivity contribution in [1.82, 2.24) is 9.88 Å². The molecule has 1 fully saturated rings. The fourth-order valence-electron chi connectivity index (χ4n) is 10.0. The van der Waals surface area contributed by atoms with Gasteiger partial charge in [-0.15, -0.1) is 6.58 Å². The Labute approximate surface area is 383 Å². The van der Waals surface area contributed by atoms with E-state index < -0.39 is 28.8 Å². The molecule has 2 aliphatic heterocycles. The fourth-order valence-corrected chi connectivity index (χ4v) is 10.0. The van der Waals surface area contributed by atoms with Crippen LogP contribution in [0.4, 0.5) is 10.5 Å². The molecule has 66 heavy (non-hydrogen) atoms. The summed E-state index contributed by atoms with van der Waals surface area (Å²) in [5, 5.41) is 36.1. The van der Waals surface area contributed by atoms with Crippen molar-refractivity contribution in [1.29, 1.82) is 0 Å². The number of aromatic nitrogens is 1. The highest BCUT2D eigenvalue weighted by atomic mass is 16.7. The van der Waals surface area contributed by atoms with Crippen LogP contribution in [-0.2, 0) is 22.7 Å². The monoisotopic (exact) mass is 904 g/mol. The van der Waals surface area contributed by atoms with Gasteiger partial charge in [-0.2, -0.15) is 0 Å². The number of allylic oxidation sites excluding steroid dienone is 1. The number of hydrogen-bond donors (Lipinski definition) is 2. The Morgan fingerprint density at radius 3 is 2.48 bits per heavy atom. The molecule has 16 nitrogen and oxygen atoms in total. The third kappa shape index (κ3) is 9.71. The highest BCUT2D eigenvalue weighted by Gasteiger charge is 2.65. The Hall–Kier alpha value is -6.49. The number of carbonyl (C=O) groups excluding carboxylic acids is 1. The van der Waals surface area contributed by atoms with E-state index in [9.17, 15) is 20.3 Å². The second-order valence-corrected chi connectivity index (χ2v) is 16.9. The van der Waals surface area contributed by atoms with Crippen LogP contribution in [0.15, 0.2) is 108 Å². The maximum Gasteiger partial charge on any atom is 0.416 e. The number of ether oxygens (including phenoxy) is 6.